The number of hydrogen-bond donors (Lipinski definition) is 1. The molecule has 2 atom stereocenters. The number of aryl methyl sites for hydroxylation is 2. The lowest BCUT2D eigenvalue weighted by atomic mass is 10.0. The SMILES string of the molecule is Cc1ccc(-c2cc(C(=O)N3C4CCNCC3CC4)c3c(C)noc3n2)cc1.Cl. The summed E-state index contributed by atoms with van der Waals surface area (Å²) in [5.74, 6) is 0.0725. The average Bonchev–Trinajstić information content (AvgIpc) is 3.19. The minimum atomic E-state index is 0. The fourth-order valence-corrected chi connectivity index (χ4v) is 4.59. The van der Waals surface area contributed by atoms with Gasteiger partial charge in [-0.05, 0) is 45.7 Å². The number of amides is 1. The van der Waals surface area contributed by atoms with Crippen LogP contribution in [0.4, 0.5) is 0 Å². The van der Waals surface area contributed by atoms with Gasteiger partial charge in [-0.25, -0.2) is 4.98 Å². The van der Waals surface area contributed by atoms with Crippen molar-refractivity contribution in [2.45, 2.75) is 45.2 Å². The van der Waals surface area contributed by atoms with Gasteiger partial charge < -0.3 is 14.7 Å². The Bertz CT molecular complexity index is 1030. The molecule has 2 aliphatic rings. The van der Waals surface area contributed by atoms with Gasteiger partial charge in [0.05, 0.1) is 22.3 Å². The van der Waals surface area contributed by atoms with Crippen molar-refractivity contribution in [2.75, 3.05) is 13.1 Å². The Labute approximate surface area is 176 Å². The lowest BCUT2D eigenvalue weighted by Crippen LogP contribution is -2.42. The van der Waals surface area contributed by atoms with Crippen molar-refractivity contribution in [3.63, 3.8) is 0 Å². The molecule has 2 fully saturated rings. The van der Waals surface area contributed by atoms with Crippen LogP contribution in [0.5, 0.6) is 0 Å². The summed E-state index contributed by atoms with van der Waals surface area (Å²) in [6.45, 7) is 5.76. The van der Waals surface area contributed by atoms with Gasteiger partial charge in [-0.3, -0.25) is 4.79 Å². The van der Waals surface area contributed by atoms with Gasteiger partial charge in [0.2, 0.25) is 0 Å². The third kappa shape index (κ3) is 3.40. The van der Waals surface area contributed by atoms with Crippen LogP contribution in [0.2, 0.25) is 0 Å². The van der Waals surface area contributed by atoms with Gasteiger partial charge in [0.1, 0.15) is 0 Å². The molecule has 0 saturated carbocycles. The summed E-state index contributed by atoms with van der Waals surface area (Å²) in [6.07, 6.45) is 3.15. The summed E-state index contributed by atoms with van der Waals surface area (Å²) in [5, 5.41) is 8.28. The molecule has 2 aliphatic heterocycles. The van der Waals surface area contributed by atoms with Gasteiger partial charge in [-0.15, -0.1) is 12.4 Å². The Kier molecular flexibility index (Phi) is 5.32. The minimum absolute atomic E-state index is 0. The van der Waals surface area contributed by atoms with Crippen molar-refractivity contribution in [3.05, 3.63) is 47.2 Å². The molecule has 2 bridgehead atoms. The first-order valence-corrected chi connectivity index (χ1v) is 9.99. The summed E-state index contributed by atoms with van der Waals surface area (Å²) in [7, 11) is 0. The van der Waals surface area contributed by atoms with E-state index < -0.39 is 0 Å². The Balaban J connectivity index is 0.00000205. The van der Waals surface area contributed by atoms with E-state index in [1.807, 2.05) is 25.1 Å². The van der Waals surface area contributed by atoms with Crippen molar-refractivity contribution in [3.8, 4) is 11.3 Å². The predicted octanol–water partition coefficient (Wildman–Crippen LogP) is 3.89. The molecule has 0 radical (unpaired) electrons. The van der Waals surface area contributed by atoms with Gasteiger partial charge in [0.25, 0.3) is 11.6 Å². The van der Waals surface area contributed by atoms with E-state index in [1.54, 1.807) is 0 Å². The second kappa shape index (κ2) is 7.76. The molecule has 4 heterocycles. The quantitative estimate of drug-likeness (QED) is 0.691. The van der Waals surface area contributed by atoms with Crippen molar-refractivity contribution >= 4 is 29.4 Å². The van der Waals surface area contributed by atoms with Gasteiger partial charge in [0, 0.05) is 24.2 Å². The average molecular weight is 413 g/mol. The lowest BCUT2D eigenvalue weighted by Gasteiger charge is -2.28. The second-order valence-corrected chi connectivity index (χ2v) is 7.96. The van der Waals surface area contributed by atoms with E-state index in [9.17, 15) is 4.79 Å². The molecule has 7 heteroatoms. The van der Waals surface area contributed by atoms with Crippen molar-refractivity contribution in [1.29, 1.82) is 0 Å². The Morgan fingerprint density at radius 2 is 1.90 bits per heavy atom. The summed E-state index contributed by atoms with van der Waals surface area (Å²) < 4.78 is 5.46. The number of nitrogens with one attached hydrogen (secondary N) is 1. The molecule has 2 saturated heterocycles. The number of carbonyl (C=O) groups excluding carboxylic acids is 1. The van der Waals surface area contributed by atoms with Crippen LogP contribution in [0.3, 0.4) is 0 Å². The molecule has 1 amide bonds. The first kappa shape index (κ1) is 19.9. The first-order valence-electron chi connectivity index (χ1n) is 9.99. The highest BCUT2D eigenvalue weighted by molar-refractivity contribution is 6.07. The van der Waals surface area contributed by atoms with Gasteiger partial charge in [-0.2, -0.15) is 0 Å². The number of hydrogen-bond acceptors (Lipinski definition) is 5. The smallest absolute Gasteiger partial charge is 0.259 e. The number of nitrogens with zero attached hydrogens (tertiary/aromatic N) is 3. The Hall–Kier alpha value is -2.44. The van der Waals surface area contributed by atoms with Crippen LogP contribution in [0.15, 0.2) is 34.9 Å². The summed E-state index contributed by atoms with van der Waals surface area (Å²) in [6, 6.07) is 10.6. The number of pyridine rings is 1. The van der Waals surface area contributed by atoms with E-state index in [4.69, 9.17) is 4.52 Å². The molecule has 2 unspecified atom stereocenters. The van der Waals surface area contributed by atoms with E-state index in [2.05, 4.69) is 39.4 Å². The van der Waals surface area contributed by atoms with Crippen LogP contribution >= 0.6 is 12.4 Å². The zero-order valence-corrected chi connectivity index (χ0v) is 17.5. The zero-order chi connectivity index (χ0) is 19.3. The number of benzene rings is 1. The molecule has 29 heavy (non-hydrogen) atoms. The summed E-state index contributed by atoms with van der Waals surface area (Å²) in [4.78, 5) is 20.5. The number of fused-ring (bicyclic) bond motifs is 3. The predicted molar refractivity (Wildman–Crippen MR) is 114 cm³/mol. The molecule has 152 valence electrons. The van der Waals surface area contributed by atoms with Gasteiger partial charge in [-0.1, -0.05) is 35.0 Å². The molecule has 1 N–H and O–H groups in total. The van der Waals surface area contributed by atoms with Crippen LogP contribution in [-0.4, -0.2) is 46.1 Å². The summed E-state index contributed by atoms with van der Waals surface area (Å²) in [5.41, 5.74) is 4.69. The molecular formula is C22H25ClN4O2. The van der Waals surface area contributed by atoms with Crippen LogP contribution in [0.1, 0.15) is 40.9 Å². The van der Waals surface area contributed by atoms with Crippen LogP contribution in [0.25, 0.3) is 22.4 Å². The standard InChI is InChI=1S/C22H24N4O2.ClH/c1-13-3-5-15(6-4-13)19-11-18(20-14(2)25-28-21(20)24-19)22(27)26-16-7-8-17(26)12-23-10-9-16;/h3-6,11,16-17,23H,7-10,12H2,1-2H3;1H. The Morgan fingerprint density at radius 3 is 2.69 bits per heavy atom. The van der Waals surface area contributed by atoms with E-state index in [0.29, 0.717) is 23.0 Å². The topological polar surface area (TPSA) is 71.3 Å². The number of rotatable bonds is 2. The van der Waals surface area contributed by atoms with E-state index in [-0.39, 0.29) is 24.4 Å². The monoisotopic (exact) mass is 412 g/mol. The molecule has 6 nitrogen and oxygen atoms in total. The maximum Gasteiger partial charge on any atom is 0.259 e. The highest BCUT2D eigenvalue weighted by atomic mass is 35.5. The number of carbonyl (C=O) groups is 1. The summed E-state index contributed by atoms with van der Waals surface area (Å²) >= 11 is 0. The highest BCUT2D eigenvalue weighted by Gasteiger charge is 2.39. The minimum Gasteiger partial charge on any atom is -0.335 e. The maximum absolute atomic E-state index is 13.7. The van der Waals surface area contributed by atoms with Crippen LogP contribution < -0.4 is 5.32 Å². The normalized spacial score (nSPS) is 21.1. The molecular weight excluding hydrogens is 388 g/mol. The van der Waals surface area contributed by atoms with Gasteiger partial charge in [0.15, 0.2) is 0 Å². The van der Waals surface area contributed by atoms with E-state index in [1.165, 1.54) is 5.56 Å². The molecule has 2 aromatic heterocycles. The second-order valence-electron chi connectivity index (χ2n) is 7.96. The zero-order valence-electron chi connectivity index (χ0n) is 16.6. The highest BCUT2D eigenvalue weighted by Crippen LogP contribution is 2.33. The third-order valence-corrected chi connectivity index (χ3v) is 6.08. The van der Waals surface area contributed by atoms with Crippen molar-refractivity contribution in [2.24, 2.45) is 0 Å². The fraction of sp³-hybridized carbons (Fsp3) is 0.409. The fourth-order valence-electron chi connectivity index (χ4n) is 4.59. The lowest BCUT2D eigenvalue weighted by molar-refractivity contribution is 0.0682. The third-order valence-electron chi connectivity index (χ3n) is 6.08. The Morgan fingerprint density at radius 1 is 1.14 bits per heavy atom. The maximum atomic E-state index is 13.7. The van der Waals surface area contributed by atoms with E-state index in [0.717, 1.165) is 49.0 Å². The van der Waals surface area contributed by atoms with Crippen molar-refractivity contribution < 1.29 is 9.32 Å². The molecule has 0 aliphatic carbocycles. The van der Waals surface area contributed by atoms with Crippen molar-refractivity contribution in [1.82, 2.24) is 20.4 Å². The number of aromatic nitrogens is 2. The molecule has 0 spiro atoms. The van der Waals surface area contributed by atoms with E-state index >= 15 is 0 Å². The number of halogens is 1. The molecule has 1 aromatic carbocycles. The van der Waals surface area contributed by atoms with Crippen LogP contribution in [-0.2, 0) is 0 Å². The molecule has 5 rings (SSSR count). The molecule has 3 aromatic rings. The van der Waals surface area contributed by atoms with Crippen LogP contribution in [0, 0.1) is 13.8 Å². The first-order chi connectivity index (χ1) is 13.6. The van der Waals surface area contributed by atoms with Gasteiger partial charge >= 0.3 is 0 Å². The largest absolute Gasteiger partial charge is 0.335 e.